The summed E-state index contributed by atoms with van der Waals surface area (Å²) in [6.07, 6.45) is 2.15. The third-order valence-corrected chi connectivity index (χ3v) is 3.85. The molecule has 0 aliphatic carbocycles. The van der Waals surface area contributed by atoms with E-state index in [2.05, 4.69) is 0 Å². The average molecular weight is 332 g/mol. The number of carbonyl (C=O) groups excluding carboxylic acids is 3. The van der Waals surface area contributed by atoms with Crippen molar-refractivity contribution in [3.05, 3.63) is 29.8 Å². The molecule has 132 valence electrons. The van der Waals surface area contributed by atoms with Crippen LogP contribution in [0.15, 0.2) is 24.3 Å². The van der Waals surface area contributed by atoms with Gasteiger partial charge in [0.15, 0.2) is 5.78 Å². The van der Waals surface area contributed by atoms with E-state index in [1.165, 1.54) is 13.8 Å². The smallest absolute Gasteiger partial charge is 0.224 e. The van der Waals surface area contributed by atoms with E-state index in [1.54, 1.807) is 29.2 Å². The van der Waals surface area contributed by atoms with Crippen molar-refractivity contribution in [3.8, 4) is 0 Å². The van der Waals surface area contributed by atoms with Crippen LogP contribution in [0, 0.1) is 0 Å². The molecule has 0 saturated carbocycles. The van der Waals surface area contributed by atoms with Crippen molar-refractivity contribution in [3.63, 3.8) is 0 Å². The van der Waals surface area contributed by atoms with E-state index in [1.807, 2.05) is 18.7 Å². The van der Waals surface area contributed by atoms with Crippen molar-refractivity contribution in [1.29, 1.82) is 0 Å². The fraction of sp³-hybridized carbons (Fsp3) is 0.526. The Morgan fingerprint density at radius 3 is 1.83 bits per heavy atom. The SMILES string of the molecule is CCCN(CCC)C(=O)CCN(C(C)=O)c1ccc(C(C)=O)cc1. The summed E-state index contributed by atoms with van der Waals surface area (Å²) >= 11 is 0. The van der Waals surface area contributed by atoms with Gasteiger partial charge >= 0.3 is 0 Å². The van der Waals surface area contributed by atoms with Gasteiger partial charge in [0.25, 0.3) is 0 Å². The summed E-state index contributed by atoms with van der Waals surface area (Å²) in [6, 6.07) is 6.91. The maximum Gasteiger partial charge on any atom is 0.224 e. The van der Waals surface area contributed by atoms with Crippen molar-refractivity contribution >= 4 is 23.3 Å². The summed E-state index contributed by atoms with van der Waals surface area (Å²) in [5.41, 5.74) is 1.31. The number of carbonyl (C=O) groups is 3. The van der Waals surface area contributed by atoms with Crippen LogP contribution in [0.2, 0.25) is 0 Å². The Hall–Kier alpha value is -2.17. The number of anilines is 1. The van der Waals surface area contributed by atoms with Crippen LogP contribution >= 0.6 is 0 Å². The highest BCUT2D eigenvalue weighted by atomic mass is 16.2. The number of ketones is 1. The number of hydrogen-bond donors (Lipinski definition) is 0. The van der Waals surface area contributed by atoms with Crippen LogP contribution < -0.4 is 4.90 Å². The maximum absolute atomic E-state index is 12.4. The Bertz CT molecular complexity index is 560. The van der Waals surface area contributed by atoms with Gasteiger partial charge in [0.2, 0.25) is 11.8 Å². The third-order valence-electron chi connectivity index (χ3n) is 3.85. The normalized spacial score (nSPS) is 10.3. The van der Waals surface area contributed by atoms with Gasteiger partial charge in [0.1, 0.15) is 0 Å². The van der Waals surface area contributed by atoms with E-state index in [0.29, 0.717) is 24.2 Å². The molecule has 0 aliphatic rings. The van der Waals surface area contributed by atoms with Crippen LogP contribution in [0.4, 0.5) is 5.69 Å². The van der Waals surface area contributed by atoms with Crippen LogP contribution in [0.3, 0.4) is 0 Å². The lowest BCUT2D eigenvalue weighted by atomic mass is 10.1. The Balaban J connectivity index is 2.77. The minimum Gasteiger partial charge on any atom is -0.343 e. The first-order valence-corrected chi connectivity index (χ1v) is 8.57. The molecule has 2 amide bonds. The quantitative estimate of drug-likeness (QED) is 0.652. The fourth-order valence-corrected chi connectivity index (χ4v) is 2.61. The molecule has 1 rings (SSSR count). The molecule has 0 atom stereocenters. The number of Topliss-reactive ketones (excluding diaryl/α,β-unsaturated/α-hetero) is 1. The molecule has 0 saturated heterocycles. The molecule has 24 heavy (non-hydrogen) atoms. The maximum atomic E-state index is 12.4. The molecule has 0 fully saturated rings. The highest BCUT2D eigenvalue weighted by Crippen LogP contribution is 2.17. The molecule has 0 unspecified atom stereocenters. The Morgan fingerprint density at radius 2 is 1.42 bits per heavy atom. The Labute approximate surface area is 144 Å². The number of nitrogens with zero attached hydrogens (tertiary/aromatic N) is 2. The molecule has 0 spiro atoms. The van der Waals surface area contributed by atoms with Crippen molar-refractivity contribution < 1.29 is 14.4 Å². The third kappa shape index (κ3) is 5.80. The van der Waals surface area contributed by atoms with Crippen LogP contribution in [0.1, 0.15) is 57.3 Å². The van der Waals surface area contributed by atoms with Crippen molar-refractivity contribution in [2.45, 2.75) is 47.0 Å². The fourth-order valence-electron chi connectivity index (χ4n) is 2.61. The van der Waals surface area contributed by atoms with E-state index in [-0.39, 0.29) is 17.6 Å². The number of hydrogen-bond acceptors (Lipinski definition) is 3. The van der Waals surface area contributed by atoms with E-state index < -0.39 is 0 Å². The van der Waals surface area contributed by atoms with E-state index in [9.17, 15) is 14.4 Å². The molecule has 0 bridgehead atoms. The second-order valence-electron chi connectivity index (χ2n) is 5.90. The van der Waals surface area contributed by atoms with Gasteiger partial charge in [-0.2, -0.15) is 0 Å². The molecule has 1 aromatic rings. The molecule has 0 heterocycles. The molecule has 5 heteroatoms. The molecule has 0 aromatic heterocycles. The van der Waals surface area contributed by atoms with Gasteiger partial charge in [-0.1, -0.05) is 13.8 Å². The minimum atomic E-state index is -0.115. The largest absolute Gasteiger partial charge is 0.343 e. The predicted molar refractivity (Wildman–Crippen MR) is 96.3 cm³/mol. The lowest BCUT2D eigenvalue weighted by Gasteiger charge is -2.25. The average Bonchev–Trinajstić information content (AvgIpc) is 2.54. The summed E-state index contributed by atoms with van der Waals surface area (Å²) in [5, 5.41) is 0. The van der Waals surface area contributed by atoms with E-state index >= 15 is 0 Å². The van der Waals surface area contributed by atoms with E-state index in [0.717, 1.165) is 25.9 Å². The summed E-state index contributed by atoms with van der Waals surface area (Å²) < 4.78 is 0. The lowest BCUT2D eigenvalue weighted by Crippen LogP contribution is -2.37. The summed E-state index contributed by atoms with van der Waals surface area (Å²) in [6.45, 7) is 8.94. The van der Waals surface area contributed by atoms with Gasteiger partial charge in [0.05, 0.1) is 0 Å². The van der Waals surface area contributed by atoms with Gasteiger partial charge in [-0.05, 0) is 44.0 Å². The van der Waals surface area contributed by atoms with Gasteiger partial charge in [0, 0.05) is 44.2 Å². The monoisotopic (exact) mass is 332 g/mol. The molecule has 0 aliphatic heterocycles. The topological polar surface area (TPSA) is 57.7 Å². The molecule has 0 N–H and O–H groups in total. The standard InChI is InChI=1S/C19H28N2O3/c1-5-12-20(13-6-2)19(24)11-14-21(16(4)23)18-9-7-17(8-10-18)15(3)22/h7-10H,5-6,11-14H2,1-4H3. The second kappa shape index (κ2) is 9.85. The zero-order valence-corrected chi connectivity index (χ0v) is 15.2. The number of rotatable bonds is 9. The first-order valence-electron chi connectivity index (χ1n) is 8.57. The van der Waals surface area contributed by atoms with Crippen molar-refractivity contribution in [1.82, 2.24) is 4.90 Å². The van der Waals surface area contributed by atoms with Crippen LogP contribution in [0.5, 0.6) is 0 Å². The zero-order valence-electron chi connectivity index (χ0n) is 15.2. The van der Waals surface area contributed by atoms with Gasteiger partial charge < -0.3 is 9.80 Å². The Kier molecular flexibility index (Phi) is 8.16. The first kappa shape index (κ1) is 19.9. The molecule has 5 nitrogen and oxygen atoms in total. The van der Waals surface area contributed by atoms with Gasteiger partial charge in [-0.25, -0.2) is 0 Å². The second-order valence-corrected chi connectivity index (χ2v) is 5.90. The van der Waals surface area contributed by atoms with Crippen molar-refractivity contribution in [2.75, 3.05) is 24.5 Å². The van der Waals surface area contributed by atoms with Gasteiger partial charge in [-0.15, -0.1) is 0 Å². The highest BCUT2D eigenvalue weighted by Gasteiger charge is 2.17. The van der Waals surface area contributed by atoms with E-state index in [4.69, 9.17) is 0 Å². The van der Waals surface area contributed by atoms with Crippen LogP contribution in [-0.4, -0.2) is 42.1 Å². The molecule has 1 aromatic carbocycles. The lowest BCUT2D eigenvalue weighted by molar-refractivity contribution is -0.131. The van der Waals surface area contributed by atoms with Crippen molar-refractivity contribution in [2.24, 2.45) is 0 Å². The first-order chi connectivity index (χ1) is 11.4. The van der Waals surface area contributed by atoms with Crippen LogP contribution in [0.25, 0.3) is 0 Å². The Morgan fingerprint density at radius 1 is 0.875 bits per heavy atom. The van der Waals surface area contributed by atoms with Crippen LogP contribution in [-0.2, 0) is 9.59 Å². The zero-order chi connectivity index (χ0) is 18.1. The minimum absolute atomic E-state index is 0.0131. The predicted octanol–water partition coefficient (Wildman–Crippen LogP) is 3.28. The number of amides is 2. The molecule has 0 radical (unpaired) electrons. The number of benzene rings is 1. The summed E-state index contributed by atoms with van der Waals surface area (Å²) in [5.74, 6) is -0.0536. The highest BCUT2D eigenvalue weighted by molar-refractivity contribution is 5.96. The molecular weight excluding hydrogens is 304 g/mol. The molecular formula is C19H28N2O3. The summed E-state index contributed by atoms with van der Waals surface area (Å²) in [7, 11) is 0. The van der Waals surface area contributed by atoms with Gasteiger partial charge in [-0.3, -0.25) is 14.4 Å². The summed E-state index contributed by atoms with van der Waals surface area (Å²) in [4.78, 5) is 39.1.